The van der Waals surface area contributed by atoms with Gasteiger partial charge in [0.25, 0.3) is 5.78 Å². The second kappa shape index (κ2) is 16.8. The van der Waals surface area contributed by atoms with Crippen LogP contribution in [-0.2, 0) is 14.3 Å². The molecular weight excluding hydrogens is 620 g/mol. The topological polar surface area (TPSA) is 124 Å². The molecule has 1 atom stereocenters. The predicted molar refractivity (Wildman–Crippen MR) is 182 cm³/mol. The van der Waals surface area contributed by atoms with E-state index in [1.165, 1.54) is 11.0 Å². The Labute approximate surface area is 279 Å². The number of aryl methyl sites for hydroxylation is 1. The molecule has 4 rings (SSSR count). The molecule has 1 amide bonds. The number of amides is 1. The van der Waals surface area contributed by atoms with E-state index in [0.29, 0.717) is 53.9 Å². The number of aliphatic hydroxyl groups is 1. The Balaban J connectivity index is 1.83. The molecule has 1 N–H and O–H groups in total. The number of nitrogens with zero attached hydrogens (tertiary/aromatic N) is 2. The maximum Gasteiger partial charge on any atom is 0.350 e. The number of unbranched alkanes of at least 4 members (excludes halogenated alkanes) is 3. The number of carbonyl (C=O) groups is 3. The molecule has 0 spiro atoms. The molecule has 1 aliphatic heterocycles. The van der Waals surface area contributed by atoms with Gasteiger partial charge in [-0.2, -0.15) is 0 Å². The Hall–Kier alpha value is -4.64. The van der Waals surface area contributed by atoms with Gasteiger partial charge in [0.2, 0.25) is 0 Å². The Kier molecular flexibility index (Phi) is 12.6. The van der Waals surface area contributed by atoms with Crippen molar-refractivity contribution < 1.29 is 38.4 Å². The smallest absolute Gasteiger partial charge is 0.350 e. The van der Waals surface area contributed by atoms with E-state index >= 15 is 0 Å². The van der Waals surface area contributed by atoms with Crippen LogP contribution in [0.3, 0.4) is 0 Å². The number of rotatable bonds is 17. The number of carbonyl (C=O) groups excluding carboxylic acids is 3. The van der Waals surface area contributed by atoms with Crippen molar-refractivity contribution in [3.63, 3.8) is 0 Å². The van der Waals surface area contributed by atoms with Crippen LogP contribution < -0.4 is 19.1 Å². The van der Waals surface area contributed by atoms with E-state index in [4.69, 9.17) is 18.9 Å². The maximum atomic E-state index is 13.8. The number of hydrogen-bond donors (Lipinski definition) is 1. The highest BCUT2D eigenvalue weighted by Gasteiger charge is 2.48. The first-order valence-corrected chi connectivity index (χ1v) is 16.8. The largest absolute Gasteiger partial charge is 0.507 e. The molecule has 3 aromatic rings. The molecule has 47 heavy (non-hydrogen) atoms. The number of anilines is 1. The molecule has 250 valence electrons. The maximum absolute atomic E-state index is 13.8. The third kappa shape index (κ3) is 8.21. The Morgan fingerprint density at radius 1 is 0.979 bits per heavy atom. The number of esters is 1. The lowest BCUT2D eigenvalue weighted by molar-refractivity contribution is -0.132. The highest BCUT2D eigenvalue weighted by atomic mass is 32.1. The van der Waals surface area contributed by atoms with Gasteiger partial charge in [-0.3, -0.25) is 14.5 Å². The molecular formula is C36H42N2O8S. The average Bonchev–Trinajstić information content (AvgIpc) is 3.58. The first kappa shape index (κ1) is 35.2. The third-order valence-electron chi connectivity index (χ3n) is 7.44. The van der Waals surface area contributed by atoms with E-state index in [0.717, 1.165) is 43.4 Å². The van der Waals surface area contributed by atoms with E-state index < -0.39 is 23.7 Å². The van der Waals surface area contributed by atoms with Crippen molar-refractivity contribution in [2.75, 3.05) is 31.3 Å². The van der Waals surface area contributed by atoms with Gasteiger partial charge in [0.1, 0.15) is 23.0 Å². The van der Waals surface area contributed by atoms with Crippen molar-refractivity contribution in [1.29, 1.82) is 0 Å². The summed E-state index contributed by atoms with van der Waals surface area (Å²) in [7, 11) is 0. The van der Waals surface area contributed by atoms with E-state index in [9.17, 15) is 19.5 Å². The minimum Gasteiger partial charge on any atom is -0.507 e. The molecule has 10 nitrogen and oxygen atoms in total. The number of benzene rings is 2. The first-order chi connectivity index (χ1) is 22.7. The monoisotopic (exact) mass is 662 g/mol. The summed E-state index contributed by atoms with van der Waals surface area (Å²) in [6.45, 7) is 12.6. The van der Waals surface area contributed by atoms with Crippen LogP contribution in [0.15, 0.2) is 60.7 Å². The number of aromatic nitrogens is 1. The number of thiazole rings is 1. The second-order valence-corrected chi connectivity index (χ2v) is 11.9. The zero-order valence-electron chi connectivity index (χ0n) is 27.4. The first-order valence-electron chi connectivity index (χ1n) is 15.9. The summed E-state index contributed by atoms with van der Waals surface area (Å²) in [5.74, 6) is -1.18. The molecule has 2 heterocycles. The van der Waals surface area contributed by atoms with Crippen molar-refractivity contribution in [2.45, 2.75) is 65.8 Å². The standard InChI is InChI=1S/C36H42N2O8S/c1-6-10-12-21-45-27-18-15-25(22-28(27)43-9-4)30-29(31(39)24-13-16-26(17-14-24)44-20-11-7-2)32(40)34(41)38(30)36-37-23(5)33(47-36)35(42)46-19-8-3/h8,13-18,22,30,39H,3,6-7,9-12,19-21H2,1-2,4-5H3. The van der Waals surface area contributed by atoms with Crippen LogP contribution in [-0.4, -0.2) is 54.2 Å². The van der Waals surface area contributed by atoms with Crippen LogP contribution in [0, 0.1) is 6.92 Å². The molecule has 2 aromatic carbocycles. The SMILES string of the molecule is C=CCOC(=O)c1sc(N2C(=O)C(=O)C(=C(O)c3ccc(OCCCC)cc3)C2c2ccc(OCCCCC)c(OCC)c2)nc1C. The quantitative estimate of drug-likeness (QED) is 0.0389. The van der Waals surface area contributed by atoms with Crippen molar-refractivity contribution in [2.24, 2.45) is 0 Å². The van der Waals surface area contributed by atoms with Gasteiger partial charge in [0.15, 0.2) is 16.6 Å². The Bertz CT molecular complexity index is 1610. The van der Waals surface area contributed by atoms with Gasteiger partial charge < -0.3 is 24.1 Å². The van der Waals surface area contributed by atoms with Gasteiger partial charge in [-0.1, -0.05) is 63.2 Å². The normalized spacial score (nSPS) is 15.5. The molecule has 1 fully saturated rings. The molecule has 1 saturated heterocycles. The predicted octanol–water partition coefficient (Wildman–Crippen LogP) is 7.57. The van der Waals surface area contributed by atoms with Crippen LogP contribution in [0.5, 0.6) is 17.2 Å². The summed E-state index contributed by atoms with van der Waals surface area (Å²) in [6.07, 6.45) is 6.31. The lowest BCUT2D eigenvalue weighted by Crippen LogP contribution is -2.29. The van der Waals surface area contributed by atoms with Crippen molar-refractivity contribution in [3.05, 3.63) is 82.4 Å². The minimum absolute atomic E-state index is 0.00548. The summed E-state index contributed by atoms with van der Waals surface area (Å²) < 4.78 is 22.9. The van der Waals surface area contributed by atoms with Crippen molar-refractivity contribution in [1.82, 2.24) is 4.98 Å². The third-order valence-corrected chi connectivity index (χ3v) is 8.57. The zero-order chi connectivity index (χ0) is 33.9. The van der Waals surface area contributed by atoms with E-state index in [1.54, 1.807) is 49.4 Å². The number of Topliss-reactive ketones (excluding diaryl/α,β-unsaturated/α-hetero) is 1. The molecule has 1 aromatic heterocycles. The van der Waals surface area contributed by atoms with Gasteiger partial charge in [-0.15, -0.1) is 0 Å². The fourth-order valence-electron chi connectivity index (χ4n) is 5.04. The van der Waals surface area contributed by atoms with Gasteiger partial charge in [-0.25, -0.2) is 9.78 Å². The minimum atomic E-state index is -1.09. The lowest BCUT2D eigenvalue weighted by atomic mass is 9.95. The molecule has 0 aliphatic carbocycles. The molecule has 0 radical (unpaired) electrons. The van der Waals surface area contributed by atoms with E-state index in [2.05, 4.69) is 25.4 Å². The highest BCUT2D eigenvalue weighted by Crippen LogP contribution is 2.45. The molecule has 0 bridgehead atoms. The van der Waals surface area contributed by atoms with Crippen LogP contribution >= 0.6 is 11.3 Å². The Morgan fingerprint density at radius 2 is 1.70 bits per heavy atom. The van der Waals surface area contributed by atoms with Crippen LogP contribution in [0.2, 0.25) is 0 Å². The van der Waals surface area contributed by atoms with Gasteiger partial charge in [0.05, 0.1) is 37.1 Å². The molecule has 0 saturated carbocycles. The van der Waals surface area contributed by atoms with Crippen LogP contribution in [0.25, 0.3) is 5.76 Å². The van der Waals surface area contributed by atoms with Crippen molar-refractivity contribution in [3.8, 4) is 17.2 Å². The van der Waals surface area contributed by atoms with Crippen LogP contribution in [0.4, 0.5) is 5.13 Å². The number of hydrogen-bond acceptors (Lipinski definition) is 10. The van der Waals surface area contributed by atoms with Gasteiger partial charge >= 0.3 is 11.9 Å². The molecule has 1 aliphatic rings. The summed E-state index contributed by atoms with van der Waals surface area (Å²) in [6, 6.07) is 10.8. The number of ether oxygens (including phenoxy) is 4. The van der Waals surface area contributed by atoms with Crippen LogP contribution in [0.1, 0.15) is 85.4 Å². The van der Waals surface area contributed by atoms with Crippen molar-refractivity contribution >= 4 is 39.9 Å². The summed E-state index contributed by atoms with van der Waals surface area (Å²) in [5.41, 5.74) is 1.03. The molecule has 11 heteroatoms. The average molecular weight is 663 g/mol. The number of ketones is 1. The van der Waals surface area contributed by atoms with E-state index in [-0.39, 0.29) is 27.9 Å². The fourth-order valence-corrected chi connectivity index (χ4v) is 6.02. The second-order valence-electron chi connectivity index (χ2n) is 10.9. The van der Waals surface area contributed by atoms with Gasteiger partial charge in [-0.05, 0) is 68.7 Å². The van der Waals surface area contributed by atoms with Gasteiger partial charge in [0, 0.05) is 5.56 Å². The summed E-state index contributed by atoms with van der Waals surface area (Å²) in [5, 5.41) is 11.7. The number of aliphatic hydroxyl groups excluding tert-OH is 1. The Morgan fingerprint density at radius 3 is 2.38 bits per heavy atom. The lowest BCUT2D eigenvalue weighted by Gasteiger charge is -2.24. The fraction of sp³-hybridized carbons (Fsp3) is 0.389. The molecule has 1 unspecified atom stereocenters. The highest BCUT2D eigenvalue weighted by molar-refractivity contribution is 7.17. The summed E-state index contributed by atoms with van der Waals surface area (Å²) in [4.78, 5) is 46.2. The summed E-state index contributed by atoms with van der Waals surface area (Å²) >= 11 is 0.930. The van der Waals surface area contributed by atoms with E-state index in [1.807, 2.05) is 6.92 Å². The zero-order valence-corrected chi connectivity index (χ0v) is 28.2.